The molecule has 4 rings (SSSR count). The fourth-order valence-corrected chi connectivity index (χ4v) is 4.55. The van der Waals surface area contributed by atoms with Crippen LogP contribution in [0.15, 0.2) is 17.1 Å². The van der Waals surface area contributed by atoms with Gasteiger partial charge in [-0.05, 0) is 40.2 Å². The summed E-state index contributed by atoms with van der Waals surface area (Å²) in [6.07, 6.45) is 3.90. The standard InChI is InChI=1S/C21H32N6O2/c1-4-26-17(3)20(16(2)23-26)15-24-7-5-6-18(14-24)27-21(28)12-19(13-22-27)25-8-10-29-11-9-25/h12-13,18H,4-11,14-15H2,1-3H3. The molecule has 0 saturated carbocycles. The molecule has 29 heavy (non-hydrogen) atoms. The first-order valence-electron chi connectivity index (χ1n) is 10.7. The fraction of sp³-hybridized carbons (Fsp3) is 0.667. The molecule has 2 fully saturated rings. The smallest absolute Gasteiger partial charge is 0.269 e. The van der Waals surface area contributed by atoms with Gasteiger partial charge in [-0.25, -0.2) is 4.68 Å². The predicted molar refractivity (Wildman–Crippen MR) is 112 cm³/mol. The number of ether oxygens (including phenoxy) is 1. The maximum absolute atomic E-state index is 12.8. The zero-order valence-electron chi connectivity index (χ0n) is 17.8. The van der Waals surface area contributed by atoms with E-state index in [0.29, 0.717) is 13.2 Å². The number of nitrogens with zero attached hydrogens (tertiary/aromatic N) is 6. The van der Waals surface area contributed by atoms with E-state index < -0.39 is 0 Å². The van der Waals surface area contributed by atoms with Gasteiger partial charge in [0.1, 0.15) is 0 Å². The summed E-state index contributed by atoms with van der Waals surface area (Å²) in [4.78, 5) is 17.4. The Labute approximate surface area is 172 Å². The van der Waals surface area contributed by atoms with Gasteiger partial charge >= 0.3 is 0 Å². The Balaban J connectivity index is 1.47. The van der Waals surface area contributed by atoms with Crippen molar-refractivity contribution in [2.24, 2.45) is 0 Å². The normalized spacial score (nSPS) is 20.9. The highest BCUT2D eigenvalue weighted by Gasteiger charge is 2.25. The van der Waals surface area contributed by atoms with E-state index in [1.165, 1.54) is 11.3 Å². The Morgan fingerprint density at radius 3 is 2.69 bits per heavy atom. The number of likely N-dealkylation sites (tertiary alicyclic amines) is 1. The molecule has 2 aliphatic rings. The molecule has 4 heterocycles. The van der Waals surface area contributed by atoms with Gasteiger partial charge in [0.15, 0.2) is 0 Å². The number of aromatic nitrogens is 4. The van der Waals surface area contributed by atoms with Crippen LogP contribution < -0.4 is 10.5 Å². The molecule has 0 radical (unpaired) electrons. The quantitative estimate of drug-likeness (QED) is 0.762. The Bertz CT molecular complexity index is 899. The molecule has 0 spiro atoms. The number of anilines is 1. The molecular formula is C21H32N6O2. The van der Waals surface area contributed by atoms with Crippen LogP contribution in [0.25, 0.3) is 0 Å². The third kappa shape index (κ3) is 4.23. The molecule has 2 aromatic rings. The lowest BCUT2D eigenvalue weighted by atomic mass is 10.0. The van der Waals surface area contributed by atoms with Gasteiger partial charge in [0.25, 0.3) is 5.56 Å². The van der Waals surface area contributed by atoms with E-state index in [-0.39, 0.29) is 11.6 Å². The minimum absolute atomic E-state index is 0.00740. The molecule has 0 N–H and O–H groups in total. The molecule has 1 atom stereocenters. The summed E-state index contributed by atoms with van der Waals surface area (Å²) in [5, 5.41) is 9.20. The molecule has 2 aliphatic heterocycles. The lowest BCUT2D eigenvalue weighted by Gasteiger charge is -2.33. The van der Waals surface area contributed by atoms with Gasteiger partial charge in [0.05, 0.1) is 36.8 Å². The first-order valence-corrected chi connectivity index (χ1v) is 10.7. The second-order valence-corrected chi connectivity index (χ2v) is 8.09. The van der Waals surface area contributed by atoms with Crippen LogP contribution in [0, 0.1) is 13.8 Å². The number of hydrogen-bond acceptors (Lipinski definition) is 6. The van der Waals surface area contributed by atoms with Crippen LogP contribution >= 0.6 is 0 Å². The number of aryl methyl sites for hydroxylation is 2. The minimum atomic E-state index is -0.00740. The summed E-state index contributed by atoms with van der Waals surface area (Å²) in [5.41, 5.74) is 4.57. The van der Waals surface area contributed by atoms with Crippen LogP contribution in [0.2, 0.25) is 0 Å². The van der Waals surface area contributed by atoms with Crippen LogP contribution in [0.4, 0.5) is 5.69 Å². The van der Waals surface area contributed by atoms with Crippen LogP contribution in [-0.4, -0.2) is 63.9 Å². The number of hydrogen-bond donors (Lipinski definition) is 0. The largest absolute Gasteiger partial charge is 0.378 e. The molecule has 8 heteroatoms. The molecule has 2 saturated heterocycles. The molecule has 2 aromatic heterocycles. The molecule has 8 nitrogen and oxygen atoms in total. The van der Waals surface area contributed by atoms with Crippen molar-refractivity contribution in [2.75, 3.05) is 44.3 Å². The van der Waals surface area contributed by atoms with Crippen LogP contribution in [0.5, 0.6) is 0 Å². The Hall–Kier alpha value is -2.19. The molecule has 0 aromatic carbocycles. The van der Waals surface area contributed by atoms with E-state index >= 15 is 0 Å². The highest BCUT2D eigenvalue weighted by atomic mass is 16.5. The van der Waals surface area contributed by atoms with E-state index in [2.05, 4.69) is 45.5 Å². The molecular weight excluding hydrogens is 368 g/mol. The van der Waals surface area contributed by atoms with Crippen LogP contribution in [0.1, 0.15) is 42.8 Å². The van der Waals surface area contributed by atoms with Gasteiger partial charge in [-0.1, -0.05) is 0 Å². The maximum Gasteiger partial charge on any atom is 0.269 e. The minimum Gasteiger partial charge on any atom is -0.378 e. The highest BCUT2D eigenvalue weighted by molar-refractivity contribution is 5.43. The molecule has 158 valence electrons. The Kier molecular flexibility index (Phi) is 6.01. The zero-order chi connectivity index (χ0) is 20.4. The summed E-state index contributed by atoms with van der Waals surface area (Å²) in [6, 6.07) is 1.86. The molecule has 0 bridgehead atoms. The van der Waals surface area contributed by atoms with Crippen molar-refractivity contribution in [3.05, 3.63) is 39.6 Å². The van der Waals surface area contributed by atoms with E-state index in [4.69, 9.17) is 4.74 Å². The topological polar surface area (TPSA) is 68.4 Å². The number of rotatable bonds is 5. The monoisotopic (exact) mass is 400 g/mol. The van der Waals surface area contributed by atoms with Crippen molar-refractivity contribution >= 4 is 5.69 Å². The summed E-state index contributed by atoms with van der Waals surface area (Å²) >= 11 is 0. The zero-order valence-corrected chi connectivity index (χ0v) is 17.8. The van der Waals surface area contributed by atoms with Crippen molar-refractivity contribution in [2.45, 2.75) is 52.7 Å². The SMILES string of the molecule is CCn1nc(C)c(CN2CCCC(n3ncc(N4CCOCC4)cc3=O)C2)c1C. The average molecular weight is 401 g/mol. The summed E-state index contributed by atoms with van der Waals surface area (Å²) < 4.78 is 9.16. The first-order chi connectivity index (χ1) is 14.1. The maximum atomic E-state index is 12.8. The summed E-state index contributed by atoms with van der Waals surface area (Å²) in [5.74, 6) is 0. The Morgan fingerprint density at radius 2 is 2.00 bits per heavy atom. The number of morpholine rings is 1. The van der Waals surface area contributed by atoms with Gasteiger partial charge in [-0.15, -0.1) is 0 Å². The lowest BCUT2D eigenvalue weighted by Crippen LogP contribution is -2.41. The second kappa shape index (κ2) is 8.67. The second-order valence-electron chi connectivity index (χ2n) is 8.09. The summed E-state index contributed by atoms with van der Waals surface area (Å²) in [6.45, 7) is 13.1. The van der Waals surface area contributed by atoms with Gasteiger partial charge in [0, 0.05) is 50.0 Å². The van der Waals surface area contributed by atoms with Gasteiger partial charge < -0.3 is 9.64 Å². The van der Waals surface area contributed by atoms with Gasteiger partial charge in [0.2, 0.25) is 0 Å². The Morgan fingerprint density at radius 1 is 1.21 bits per heavy atom. The fourth-order valence-electron chi connectivity index (χ4n) is 4.55. The van der Waals surface area contributed by atoms with Crippen molar-refractivity contribution in [3.8, 4) is 0 Å². The van der Waals surface area contributed by atoms with E-state index in [1.807, 2.05) is 6.20 Å². The number of piperidine rings is 1. The summed E-state index contributed by atoms with van der Waals surface area (Å²) in [7, 11) is 0. The third-order valence-corrected chi connectivity index (χ3v) is 6.23. The van der Waals surface area contributed by atoms with Crippen LogP contribution in [0.3, 0.4) is 0 Å². The van der Waals surface area contributed by atoms with Crippen molar-refractivity contribution in [1.29, 1.82) is 0 Å². The lowest BCUT2D eigenvalue weighted by molar-refractivity contribution is 0.122. The van der Waals surface area contributed by atoms with E-state index in [0.717, 1.165) is 63.5 Å². The third-order valence-electron chi connectivity index (χ3n) is 6.23. The highest BCUT2D eigenvalue weighted by Crippen LogP contribution is 2.24. The average Bonchev–Trinajstić information content (AvgIpc) is 3.02. The van der Waals surface area contributed by atoms with Crippen molar-refractivity contribution in [1.82, 2.24) is 24.5 Å². The molecule has 1 unspecified atom stereocenters. The molecule has 0 amide bonds. The molecule has 0 aliphatic carbocycles. The van der Waals surface area contributed by atoms with Crippen molar-refractivity contribution < 1.29 is 4.74 Å². The van der Waals surface area contributed by atoms with Crippen molar-refractivity contribution in [3.63, 3.8) is 0 Å². The van der Waals surface area contributed by atoms with E-state index in [1.54, 1.807) is 10.7 Å². The van der Waals surface area contributed by atoms with Gasteiger partial charge in [-0.2, -0.15) is 10.2 Å². The van der Waals surface area contributed by atoms with E-state index in [9.17, 15) is 4.79 Å². The predicted octanol–water partition coefficient (Wildman–Crippen LogP) is 1.75. The van der Waals surface area contributed by atoms with Gasteiger partial charge in [-0.3, -0.25) is 14.4 Å². The first kappa shape index (κ1) is 20.1. The van der Waals surface area contributed by atoms with Crippen LogP contribution in [-0.2, 0) is 17.8 Å².